The van der Waals surface area contributed by atoms with E-state index in [0.717, 1.165) is 48.5 Å². The number of likely N-dealkylation sites (tertiary alicyclic amines) is 1. The van der Waals surface area contributed by atoms with Crippen LogP contribution in [0, 0.1) is 19.8 Å². The molecule has 0 radical (unpaired) electrons. The van der Waals surface area contributed by atoms with Crippen LogP contribution in [-0.4, -0.2) is 55.2 Å². The number of aliphatic imine (C=N–C) groups is 1. The number of nitrogens with zero attached hydrogens (tertiary/aromatic N) is 2. The second-order valence-electron chi connectivity index (χ2n) is 8.48. The Morgan fingerprint density at radius 3 is 2.72 bits per heavy atom. The number of furan rings is 1. The third kappa shape index (κ3) is 8.84. The molecular weight excluding hydrogens is 479 g/mol. The fourth-order valence-electron chi connectivity index (χ4n) is 3.98. The van der Waals surface area contributed by atoms with Gasteiger partial charge in [-0.15, -0.1) is 24.0 Å². The Morgan fingerprint density at radius 1 is 1.34 bits per heavy atom. The van der Waals surface area contributed by atoms with Gasteiger partial charge in [0.05, 0.1) is 6.54 Å². The SMILES string of the molecule is CCNC(=NCC(C)(O)c1cc(C)oc1C)NCCCCN1CCCC(C)C1.I. The Balaban J connectivity index is 0.00000420. The molecular formula is C22H41IN4O2. The molecule has 2 atom stereocenters. The third-order valence-electron chi connectivity index (χ3n) is 5.45. The summed E-state index contributed by atoms with van der Waals surface area (Å²) in [6.07, 6.45) is 5.03. The number of aliphatic hydroxyl groups is 1. The zero-order valence-corrected chi connectivity index (χ0v) is 21.2. The Morgan fingerprint density at radius 2 is 2.10 bits per heavy atom. The van der Waals surface area contributed by atoms with Crippen LogP contribution in [-0.2, 0) is 5.60 Å². The van der Waals surface area contributed by atoms with Crippen LogP contribution >= 0.6 is 24.0 Å². The summed E-state index contributed by atoms with van der Waals surface area (Å²) >= 11 is 0. The smallest absolute Gasteiger partial charge is 0.191 e. The van der Waals surface area contributed by atoms with E-state index in [0.29, 0.717) is 0 Å². The minimum atomic E-state index is -1.05. The predicted octanol–water partition coefficient (Wildman–Crippen LogP) is 3.79. The van der Waals surface area contributed by atoms with Gasteiger partial charge in [0.2, 0.25) is 0 Å². The van der Waals surface area contributed by atoms with Gasteiger partial charge in [0.25, 0.3) is 0 Å². The standard InChI is InChI=1S/C22H40N4O2.HI/c1-6-23-21(24-11-7-8-12-26-13-9-10-17(2)15-26)25-16-22(5,27)20-14-18(3)28-19(20)4;/h14,17,27H,6-13,15-16H2,1-5H3,(H2,23,24,25);1H. The Kier molecular flexibility index (Phi) is 11.6. The monoisotopic (exact) mass is 520 g/mol. The quantitative estimate of drug-likeness (QED) is 0.200. The molecule has 2 unspecified atom stereocenters. The van der Waals surface area contributed by atoms with Crippen molar-refractivity contribution in [2.75, 3.05) is 39.3 Å². The topological polar surface area (TPSA) is 73.0 Å². The lowest BCUT2D eigenvalue weighted by Crippen LogP contribution is -2.39. The maximum atomic E-state index is 10.8. The zero-order chi connectivity index (χ0) is 20.6. The minimum absolute atomic E-state index is 0. The first-order chi connectivity index (χ1) is 13.3. The van der Waals surface area contributed by atoms with E-state index in [4.69, 9.17) is 4.42 Å². The van der Waals surface area contributed by atoms with E-state index in [1.165, 1.54) is 38.9 Å². The first-order valence-corrected chi connectivity index (χ1v) is 10.9. The van der Waals surface area contributed by atoms with Crippen LogP contribution in [0.3, 0.4) is 0 Å². The molecule has 168 valence electrons. The first kappa shape index (κ1) is 26.2. The Hall–Kier alpha value is -0.800. The van der Waals surface area contributed by atoms with Gasteiger partial charge < -0.3 is 25.1 Å². The van der Waals surface area contributed by atoms with Crippen LogP contribution < -0.4 is 10.6 Å². The maximum absolute atomic E-state index is 10.8. The van der Waals surface area contributed by atoms with Crippen LogP contribution in [0.2, 0.25) is 0 Å². The molecule has 0 aliphatic carbocycles. The lowest BCUT2D eigenvalue weighted by atomic mass is 9.96. The van der Waals surface area contributed by atoms with Gasteiger partial charge in [0, 0.05) is 25.2 Å². The summed E-state index contributed by atoms with van der Waals surface area (Å²) in [5, 5.41) is 17.5. The number of hydrogen-bond donors (Lipinski definition) is 3. The van der Waals surface area contributed by atoms with E-state index < -0.39 is 5.60 Å². The molecule has 3 N–H and O–H groups in total. The third-order valence-corrected chi connectivity index (χ3v) is 5.45. The van der Waals surface area contributed by atoms with Crippen molar-refractivity contribution in [1.82, 2.24) is 15.5 Å². The fourth-order valence-corrected chi connectivity index (χ4v) is 3.98. The highest BCUT2D eigenvalue weighted by Gasteiger charge is 2.27. The van der Waals surface area contributed by atoms with Crippen LogP contribution in [0.25, 0.3) is 0 Å². The molecule has 0 amide bonds. The van der Waals surface area contributed by atoms with Gasteiger partial charge >= 0.3 is 0 Å². The number of rotatable bonds is 9. The van der Waals surface area contributed by atoms with Crippen molar-refractivity contribution in [3.63, 3.8) is 0 Å². The highest BCUT2D eigenvalue weighted by atomic mass is 127. The van der Waals surface area contributed by atoms with E-state index in [9.17, 15) is 5.11 Å². The normalized spacial score (nSPS) is 20.1. The Bertz CT molecular complexity index is 630. The van der Waals surface area contributed by atoms with Gasteiger partial charge in [-0.05, 0) is 78.5 Å². The lowest BCUT2D eigenvalue weighted by Gasteiger charge is -2.30. The van der Waals surface area contributed by atoms with Crippen molar-refractivity contribution in [3.8, 4) is 0 Å². The van der Waals surface area contributed by atoms with Crippen LogP contribution in [0.4, 0.5) is 0 Å². The predicted molar refractivity (Wildman–Crippen MR) is 131 cm³/mol. The highest BCUT2D eigenvalue weighted by Crippen LogP contribution is 2.27. The van der Waals surface area contributed by atoms with E-state index in [-0.39, 0.29) is 30.5 Å². The fraction of sp³-hybridized carbons (Fsp3) is 0.773. The van der Waals surface area contributed by atoms with Crippen molar-refractivity contribution < 1.29 is 9.52 Å². The number of aryl methyl sites for hydroxylation is 2. The van der Waals surface area contributed by atoms with Crippen LogP contribution in [0.1, 0.15) is 63.5 Å². The molecule has 2 heterocycles. The van der Waals surface area contributed by atoms with Crippen LogP contribution in [0.15, 0.2) is 15.5 Å². The average Bonchev–Trinajstić information content (AvgIpc) is 2.98. The van der Waals surface area contributed by atoms with E-state index in [1.54, 1.807) is 6.92 Å². The van der Waals surface area contributed by atoms with Crippen molar-refractivity contribution >= 4 is 29.9 Å². The Labute approximate surface area is 193 Å². The molecule has 6 nitrogen and oxygen atoms in total. The van der Waals surface area contributed by atoms with Gasteiger partial charge in [-0.1, -0.05) is 6.92 Å². The molecule has 0 bridgehead atoms. The number of guanidine groups is 1. The van der Waals surface area contributed by atoms with Gasteiger partial charge in [-0.3, -0.25) is 0 Å². The van der Waals surface area contributed by atoms with Crippen molar-refractivity contribution in [2.24, 2.45) is 10.9 Å². The van der Waals surface area contributed by atoms with E-state index in [1.807, 2.05) is 19.9 Å². The van der Waals surface area contributed by atoms with Gasteiger partial charge in [-0.2, -0.15) is 0 Å². The van der Waals surface area contributed by atoms with E-state index in [2.05, 4.69) is 34.4 Å². The summed E-state index contributed by atoms with van der Waals surface area (Å²) in [5.74, 6) is 3.16. The molecule has 2 rings (SSSR count). The lowest BCUT2D eigenvalue weighted by molar-refractivity contribution is 0.0657. The summed E-state index contributed by atoms with van der Waals surface area (Å²) in [5.41, 5.74) is -0.241. The maximum Gasteiger partial charge on any atom is 0.191 e. The molecule has 7 heteroatoms. The number of hydrogen-bond acceptors (Lipinski definition) is 4. The molecule has 0 spiro atoms. The molecule has 29 heavy (non-hydrogen) atoms. The number of piperidine rings is 1. The largest absolute Gasteiger partial charge is 0.466 e. The molecule has 1 saturated heterocycles. The summed E-state index contributed by atoms with van der Waals surface area (Å²) in [7, 11) is 0. The minimum Gasteiger partial charge on any atom is -0.466 e. The van der Waals surface area contributed by atoms with Crippen molar-refractivity contribution in [2.45, 2.75) is 65.9 Å². The first-order valence-electron chi connectivity index (χ1n) is 10.9. The van der Waals surface area contributed by atoms with Crippen molar-refractivity contribution in [1.29, 1.82) is 0 Å². The van der Waals surface area contributed by atoms with Crippen molar-refractivity contribution in [3.05, 3.63) is 23.2 Å². The molecule has 1 aromatic rings. The van der Waals surface area contributed by atoms with Gasteiger partial charge in [0.1, 0.15) is 17.1 Å². The van der Waals surface area contributed by atoms with Crippen LogP contribution in [0.5, 0.6) is 0 Å². The highest BCUT2D eigenvalue weighted by molar-refractivity contribution is 14.0. The zero-order valence-electron chi connectivity index (χ0n) is 18.9. The number of unbranched alkanes of at least 4 members (excludes halogenated alkanes) is 1. The molecule has 1 aliphatic heterocycles. The molecule has 1 aromatic heterocycles. The van der Waals surface area contributed by atoms with Gasteiger partial charge in [0.15, 0.2) is 5.96 Å². The molecule has 0 aromatic carbocycles. The molecule has 0 saturated carbocycles. The summed E-state index contributed by atoms with van der Waals surface area (Å²) in [6, 6.07) is 1.90. The molecule has 1 fully saturated rings. The summed E-state index contributed by atoms with van der Waals surface area (Å²) < 4.78 is 5.56. The second-order valence-corrected chi connectivity index (χ2v) is 8.48. The second kappa shape index (κ2) is 12.8. The van der Waals surface area contributed by atoms with Gasteiger partial charge in [-0.25, -0.2) is 4.99 Å². The number of nitrogens with one attached hydrogen (secondary N) is 2. The number of halogens is 1. The summed E-state index contributed by atoms with van der Waals surface area (Å²) in [6.45, 7) is 15.6. The average molecular weight is 521 g/mol. The molecule has 1 aliphatic rings. The van der Waals surface area contributed by atoms with E-state index >= 15 is 0 Å². The summed E-state index contributed by atoms with van der Waals surface area (Å²) in [4.78, 5) is 7.20.